The summed E-state index contributed by atoms with van der Waals surface area (Å²) in [7, 11) is 0. The van der Waals surface area contributed by atoms with Crippen molar-refractivity contribution in [1.29, 1.82) is 0 Å². The zero-order valence-corrected chi connectivity index (χ0v) is 10.4. The van der Waals surface area contributed by atoms with Gasteiger partial charge in [0.1, 0.15) is 6.26 Å². The Morgan fingerprint density at radius 3 is 2.81 bits per heavy atom. The van der Waals surface area contributed by atoms with E-state index in [1.807, 2.05) is 24.3 Å². The molecule has 1 heterocycles. The molecular formula is C12H13BrN2O. The van der Waals surface area contributed by atoms with Crippen molar-refractivity contribution in [3.05, 3.63) is 40.7 Å². The van der Waals surface area contributed by atoms with Crippen LogP contribution in [-0.2, 0) is 6.42 Å². The van der Waals surface area contributed by atoms with Crippen LogP contribution in [0.2, 0.25) is 0 Å². The molecule has 0 aliphatic heterocycles. The highest BCUT2D eigenvalue weighted by atomic mass is 79.9. The summed E-state index contributed by atoms with van der Waals surface area (Å²) in [6.07, 6.45) is 3.46. The van der Waals surface area contributed by atoms with Crippen LogP contribution in [0.25, 0.3) is 11.1 Å². The number of nitrogens with zero attached hydrogens (tertiary/aromatic N) is 1. The Hall–Kier alpha value is -1.13. The fraction of sp³-hybridized carbons (Fsp3) is 0.250. The van der Waals surface area contributed by atoms with Gasteiger partial charge >= 0.3 is 0 Å². The standard InChI is InChI=1S/C12H13BrN2O/c13-11-5-2-1-4-9(11)10-8-16-15-12(10)6-3-7-14/h1-2,4-5,8H,3,6-7,14H2. The molecule has 0 fully saturated rings. The zero-order valence-electron chi connectivity index (χ0n) is 8.82. The summed E-state index contributed by atoms with van der Waals surface area (Å²) in [5, 5.41) is 4.02. The van der Waals surface area contributed by atoms with Gasteiger partial charge in [0.2, 0.25) is 0 Å². The van der Waals surface area contributed by atoms with E-state index in [-0.39, 0.29) is 0 Å². The first-order chi connectivity index (χ1) is 7.83. The van der Waals surface area contributed by atoms with Crippen molar-refractivity contribution in [3.63, 3.8) is 0 Å². The predicted molar refractivity (Wildman–Crippen MR) is 67.0 cm³/mol. The van der Waals surface area contributed by atoms with Gasteiger partial charge in [-0.3, -0.25) is 0 Å². The molecule has 1 aromatic heterocycles. The Morgan fingerprint density at radius 1 is 1.25 bits per heavy atom. The van der Waals surface area contributed by atoms with Crippen molar-refractivity contribution in [2.24, 2.45) is 5.73 Å². The first-order valence-electron chi connectivity index (χ1n) is 5.21. The van der Waals surface area contributed by atoms with Crippen molar-refractivity contribution in [3.8, 4) is 11.1 Å². The maximum atomic E-state index is 5.50. The smallest absolute Gasteiger partial charge is 0.131 e. The Balaban J connectivity index is 2.33. The first kappa shape index (κ1) is 11.4. The molecule has 0 aliphatic carbocycles. The molecule has 4 heteroatoms. The van der Waals surface area contributed by atoms with Crippen LogP contribution >= 0.6 is 15.9 Å². The normalized spacial score (nSPS) is 10.6. The predicted octanol–water partition coefficient (Wildman–Crippen LogP) is 3.00. The van der Waals surface area contributed by atoms with Gasteiger partial charge in [-0.1, -0.05) is 39.3 Å². The third kappa shape index (κ3) is 2.33. The fourth-order valence-electron chi connectivity index (χ4n) is 1.61. The van der Waals surface area contributed by atoms with Crippen molar-refractivity contribution in [2.75, 3.05) is 6.54 Å². The molecule has 0 atom stereocenters. The Bertz CT molecular complexity index is 468. The van der Waals surface area contributed by atoms with Gasteiger partial charge in [-0.2, -0.15) is 0 Å². The highest BCUT2D eigenvalue weighted by Gasteiger charge is 2.11. The molecule has 1 aromatic carbocycles. The number of halogens is 1. The molecule has 2 N–H and O–H groups in total. The van der Waals surface area contributed by atoms with Crippen LogP contribution in [-0.4, -0.2) is 11.7 Å². The second kappa shape index (κ2) is 5.27. The summed E-state index contributed by atoms with van der Waals surface area (Å²) in [6, 6.07) is 8.04. The molecule has 2 rings (SSSR count). The van der Waals surface area contributed by atoms with E-state index in [2.05, 4.69) is 21.1 Å². The van der Waals surface area contributed by atoms with E-state index in [1.165, 1.54) is 0 Å². The molecule has 2 aromatic rings. The topological polar surface area (TPSA) is 52.0 Å². The van der Waals surface area contributed by atoms with Crippen LogP contribution in [0.15, 0.2) is 39.5 Å². The average molecular weight is 281 g/mol. The average Bonchev–Trinajstić information content (AvgIpc) is 2.75. The third-order valence-corrected chi connectivity index (χ3v) is 3.12. The summed E-state index contributed by atoms with van der Waals surface area (Å²) >= 11 is 3.53. The van der Waals surface area contributed by atoms with Gasteiger partial charge in [0.05, 0.1) is 5.69 Å². The molecule has 84 valence electrons. The number of benzene rings is 1. The molecule has 0 unspecified atom stereocenters. The van der Waals surface area contributed by atoms with E-state index in [4.69, 9.17) is 10.3 Å². The second-order valence-corrected chi connectivity index (χ2v) is 4.40. The molecule has 0 saturated heterocycles. The highest BCUT2D eigenvalue weighted by Crippen LogP contribution is 2.30. The minimum Gasteiger partial charge on any atom is -0.364 e. The largest absolute Gasteiger partial charge is 0.364 e. The van der Waals surface area contributed by atoms with Gasteiger partial charge in [0.25, 0.3) is 0 Å². The second-order valence-electron chi connectivity index (χ2n) is 3.55. The maximum absolute atomic E-state index is 5.50. The molecular weight excluding hydrogens is 268 g/mol. The number of hydrogen-bond acceptors (Lipinski definition) is 3. The molecule has 0 saturated carbocycles. The number of nitrogens with two attached hydrogens (primary N) is 1. The van der Waals surface area contributed by atoms with Crippen molar-refractivity contribution in [2.45, 2.75) is 12.8 Å². The van der Waals surface area contributed by atoms with Crippen LogP contribution in [0.1, 0.15) is 12.1 Å². The zero-order chi connectivity index (χ0) is 11.4. The molecule has 0 bridgehead atoms. The number of rotatable bonds is 4. The quantitative estimate of drug-likeness (QED) is 0.937. The van der Waals surface area contributed by atoms with Crippen LogP contribution in [0, 0.1) is 0 Å². The number of hydrogen-bond donors (Lipinski definition) is 1. The summed E-state index contributed by atoms with van der Waals surface area (Å²) in [5.74, 6) is 0. The third-order valence-electron chi connectivity index (χ3n) is 2.43. The van der Waals surface area contributed by atoms with E-state index in [0.717, 1.165) is 34.1 Å². The summed E-state index contributed by atoms with van der Waals surface area (Å²) in [5.41, 5.74) is 8.62. The number of aryl methyl sites for hydroxylation is 1. The SMILES string of the molecule is NCCCc1nocc1-c1ccccc1Br. The molecule has 0 aliphatic rings. The van der Waals surface area contributed by atoms with E-state index in [1.54, 1.807) is 6.26 Å². The summed E-state index contributed by atoms with van der Waals surface area (Å²) < 4.78 is 6.09. The van der Waals surface area contributed by atoms with Crippen molar-refractivity contribution >= 4 is 15.9 Å². The minimum absolute atomic E-state index is 0.669. The van der Waals surface area contributed by atoms with Crippen LogP contribution in [0.4, 0.5) is 0 Å². The van der Waals surface area contributed by atoms with Crippen molar-refractivity contribution in [1.82, 2.24) is 5.16 Å². The van der Waals surface area contributed by atoms with E-state index in [0.29, 0.717) is 6.54 Å². The molecule has 16 heavy (non-hydrogen) atoms. The number of aromatic nitrogens is 1. The highest BCUT2D eigenvalue weighted by molar-refractivity contribution is 9.10. The van der Waals surface area contributed by atoms with Crippen LogP contribution in [0.3, 0.4) is 0 Å². The molecule has 0 spiro atoms. The molecule has 3 nitrogen and oxygen atoms in total. The first-order valence-corrected chi connectivity index (χ1v) is 6.00. The van der Waals surface area contributed by atoms with E-state index < -0.39 is 0 Å². The lowest BCUT2D eigenvalue weighted by molar-refractivity contribution is 0.411. The molecule has 0 radical (unpaired) electrons. The lowest BCUT2D eigenvalue weighted by atomic mass is 10.0. The summed E-state index contributed by atoms with van der Waals surface area (Å²) in [6.45, 7) is 0.669. The van der Waals surface area contributed by atoms with Gasteiger partial charge < -0.3 is 10.3 Å². The lowest BCUT2D eigenvalue weighted by Gasteiger charge is -2.03. The van der Waals surface area contributed by atoms with Gasteiger partial charge in [-0.15, -0.1) is 0 Å². The van der Waals surface area contributed by atoms with Crippen LogP contribution < -0.4 is 5.73 Å². The van der Waals surface area contributed by atoms with E-state index >= 15 is 0 Å². The van der Waals surface area contributed by atoms with Gasteiger partial charge in [-0.25, -0.2) is 0 Å². The lowest BCUT2D eigenvalue weighted by Crippen LogP contribution is -2.01. The van der Waals surface area contributed by atoms with Crippen molar-refractivity contribution < 1.29 is 4.52 Å². The van der Waals surface area contributed by atoms with Gasteiger partial charge in [-0.05, 0) is 25.5 Å². The van der Waals surface area contributed by atoms with Crippen LogP contribution in [0.5, 0.6) is 0 Å². The van der Waals surface area contributed by atoms with Gasteiger partial charge in [0, 0.05) is 15.6 Å². The molecule has 0 amide bonds. The Morgan fingerprint density at radius 2 is 2.06 bits per heavy atom. The maximum Gasteiger partial charge on any atom is 0.131 e. The minimum atomic E-state index is 0.669. The Labute approximate surface area is 103 Å². The Kier molecular flexibility index (Phi) is 3.74. The van der Waals surface area contributed by atoms with Gasteiger partial charge in [0.15, 0.2) is 0 Å². The fourth-order valence-corrected chi connectivity index (χ4v) is 2.11. The monoisotopic (exact) mass is 280 g/mol. The summed E-state index contributed by atoms with van der Waals surface area (Å²) in [4.78, 5) is 0. The van der Waals surface area contributed by atoms with E-state index in [9.17, 15) is 0 Å².